The standard InChI is InChI=1S/C18H21N3O3/c22-18(21-7-11-24-12-8-21)16-13-19-17(20-5-9-23-10-6-20)15-4-2-1-3-14(15)16/h1-4,13H,5-12H2. The lowest BCUT2D eigenvalue weighted by Crippen LogP contribution is -2.41. The van der Waals surface area contributed by atoms with Gasteiger partial charge in [0.1, 0.15) is 5.82 Å². The molecule has 1 aromatic carbocycles. The monoisotopic (exact) mass is 327 g/mol. The molecule has 2 fully saturated rings. The van der Waals surface area contributed by atoms with E-state index in [-0.39, 0.29) is 5.91 Å². The first-order valence-corrected chi connectivity index (χ1v) is 8.42. The van der Waals surface area contributed by atoms with E-state index in [0.717, 1.165) is 29.7 Å². The number of benzene rings is 1. The van der Waals surface area contributed by atoms with Crippen molar-refractivity contribution >= 4 is 22.5 Å². The Morgan fingerprint density at radius 3 is 2.25 bits per heavy atom. The van der Waals surface area contributed by atoms with Crippen molar-refractivity contribution in [1.82, 2.24) is 9.88 Å². The smallest absolute Gasteiger partial charge is 0.256 e. The molecule has 1 amide bonds. The lowest BCUT2D eigenvalue weighted by molar-refractivity contribution is 0.0304. The van der Waals surface area contributed by atoms with Crippen LogP contribution in [-0.2, 0) is 9.47 Å². The molecular formula is C18H21N3O3. The number of carbonyl (C=O) groups is 1. The molecule has 2 aliphatic heterocycles. The van der Waals surface area contributed by atoms with Crippen LogP contribution in [0.15, 0.2) is 30.5 Å². The number of ether oxygens (including phenoxy) is 2. The van der Waals surface area contributed by atoms with Crippen LogP contribution in [0.5, 0.6) is 0 Å². The Balaban J connectivity index is 1.73. The van der Waals surface area contributed by atoms with E-state index < -0.39 is 0 Å². The van der Waals surface area contributed by atoms with Crippen molar-refractivity contribution in [1.29, 1.82) is 0 Å². The SMILES string of the molecule is O=C(c1cnc(N2CCOCC2)c2ccccc12)N1CCOCC1. The predicted octanol–water partition coefficient (Wildman–Crippen LogP) is 1.54. The van der Waals surface area contributed by atoms with E-state index >= 15 is 0 Å². The molecule has 3 heterocycles. The third-order valence-electron chi connectivity index (χ3n) is 4.61. The van der Waals surface area contributed by atoms with Gasteiger partial charge in [0.25, 0.3) is 5.91 Å². The van der Waals surface area contributed by atoms with Crippen LogP contribution >= 0.6 is 0 Å². The molecule has 0 radical (unpaired) electrons. The van der Waals surface area contributed by atoms with Gasteiger partial charge in [-0.2, -0.15) is 0 Å². The van der Waals surface area contributed by atoms with Crippen LogP contribution in [0.25, 0.3) is 10.8 Å². The van der Waals surface area contributed by atoms with Gasteiger partial charge < -0.3 is 19.3 Å². The summed E-state index contributed by atoms with van der Waals surface area (Å²) in [7, 11) is 0. The number of pyridine rings is 1. The molecule has 0 unspecified atom stereocenters. The summed E-state index contributed by atoms with van der Waals surface area (Å²) >= 11 is 0. The number of aromatic nitrogens is 1. The summed E-state index contributed by atoms with van der Waals surface area (Å²) in [6.07, 6.45) is 1.73. The lowest BCUT2D eigenvalue weighted by Gasteiger charge is -2.30. The van der Waals surface area contributed by atoms with Gasteiger partial charge in [0.15, 0.2) is 0 Å². The molecule has 0 aliphatic carbocycles. The topological polar surface area (TPSA) is 54.9 Å². The average molecular weight is 327 g/mol. The van der Waals surface area contributed by atoms with Crippen molar-refractivity contribution in [2.24, 2.45) is 0 Å². The maximum atomic E-state index is 12.9. The maximum absolute atomic E-state index is 12.9. The normalized spacial score (nSPS) is 18.8. The Hall–Kier alpha value is -2.18. The number of fused-ring (bicyclic) bond motifs is 1. The van der Waals surface area contributed by atoms with E-state index in [9.17, 15) is 4.79 Å². The van der Waals surface area contributed by atoms with Crippen LogP contribution in [0.1, 0.15) is 10.4 Å². The van der Waals surface area contributed by atoms with Gasteiger partial charge in [0.05, 0.1) is 32.0 Å². The molecule has 2 saturated heterocycles. The zero-order valence-corrected chi connectivity index (χ0v) is 13.6. The number of carbonyl (C=O) groups excluding carboxylic acids is 1. The number of morpholine rings is 2. The minimum absolute atomic E-state index is 0.0375. The second-order valence-corrected chi connectivity index (χ2v) is 6.05. The summed E-state index contributed by atoms with van der Waals surface area (Å²) in [6.45, 7) is 5.55. The number of anilines is 1. The van der Waals surface area contributed by atoms with Crippen LogP contribution < -0.4 is 4.90 Å². The van der Waals surface area contributed by atoms with Gasteiger partial charge in [-0.1, -0.05) is 24.3 Å². The summed E-state index contributed by atoms with van der Waals surface area (Å²) in [5.41, 5.74) is 0.671. The number of hydrogen-bond acceptors (Lipinski definition) is 5. The minimum Gasteiger partial charge on any atom is -0.378 e. The number of rotatable bonds is 2. The van der Waals surface area contributed by atoms with E-state index in [0.29, 0.717) is 45.1 Å². The minimum atomic E-state index is 0.0375. The van der Waals surface area contributed by atoms with Crippen molar-refractivity contribution in [3.63, 3.8) is 0 Å². The fourth-order valence-electron chi connectivity index (χ4n) is 3.31. The molecule has 6 heteroatoms. The summed E-state index contributed by atoms with van der Waals surface area (Å²) in [6, 6.07) is 8.02. The van der Waals surface area contributed by atoms with Crippen molar-refractivity contribution in [2.75, 3.05) is 57.5 Å². The fourth-order valence-corrected chi connectivity index (χ4v) is 3.31. The van der Waals surface area contributed by atoms with E-state index in [1.165, 1.54) is 0 Å². The predicted molar refractivity (Wildman–Crippen MR) is 91.5 cm³/mol. The van der Waals surface area contributed by atoms with Gasteiger partial charge in [0, 0.05) is 37.8 Å². The Morgan fingerprint density at radius 2 is 1.54 bits per heavy atom. The second kappa shape index (κ2) is 6.75. The number of amides is 1. The number of hydrogen-bond donors (Lipinski definition) is 0. The molecular weight excluding hydrogens is 306 g/mol. The third-order valence-corrected chi connectivity index (χ3v) is 4.61. The van der Waals surface area contributed by atoms with Crippen molar-refractivity contribution < 1.29 is 14.3 Å². The van der Waals surface area contributed by atoms with Gasteiger partial charge in [0.2, 0.25) is 0 Å². The van der Waals surface area contributed by atoms with E-state index in [1.807, 2.05) is 29.2 Å². The molecule has 1 aromatic heterocycles. The first kappa shape index (κ1) is 15.4. The highest BCUT2D eigenvalue weighted by molar-refractivity contribution is 6.09. The van der Waals surface area contributed by atoms with Crippen LogP contribution in [0.3, 0.4) is 0 Å². The first-order chi connectivity index (χ1) is 11.8. The van der Waals surface area contributed by atoms with Gasteiger partial charge in [-0.15, -0.1) is 0 Å². The highest BCUT2D eigenvalue weighted by atomic mass is 16.5. The zero-order chi connectivity index (χ0) is 16.4. The largest absolute Gasteiger partial charge is 0.378 e. The second-order valence-electron chi connectivity index (χ2n) is 6.05. The van der Waals surface area contributed by atoms with Gasteiger partial charge >= 0.3 is 0 Å². The molecule has 0 N–H and O–H groups in total. The molecule has 2 aliphatic rings. The zero-order valence-electron chi connectivity index (χ0n) is 13.6. The Kier molecular flexibility index (Phi) is 4.32. The highest BCUT2D eigenvalue weighted by Crippen LogP contribution is 2.28. The average Bonchev–Trinajstić information content (AvgIpc) is 2.68. The molecule has 6 nitrogen and oxygen atoms in total. The third kappa shape index (κ3) is 2.83. The lowest BCUT2D eigenvalue weighted by atomic mass is 10.1. The van der Waals surface area contributed by atoms with Crippen LogP contribution in [0.2, 0.25) is 0 Å². The summed E-state index contributed by atoms with van der Waals surface area (Å²) in [4.78, 5) is 21.6. The van der Waals surface area contributed by atoms with Crippen molar-refractivity contribution in [3.05, 3.63) is 36.0 Å². The Bertz CT molecular complexity index is 737. The van der Waals surface area contributed by atoms with Gasteiger partial charge in [-0.25, -0.2) is 4.98 Å². The molecule has 2 aromatic rings. The summed E-state index contributed by atoms with van der Waals surface area (Å²) in [5, 5.41) is 1.99. The summed E-state index contributed by atoms with van der Waals surface area (Å²) < 4.78 is 10.8. The molecule has 0 spiro atoms. The molecule has 24 heavy (non-hydrogen) atoms. The van der Waals surface area contributed by atoms with Gasteiger partial charge in [-0.05, 0) is 5.39 Å². The Morgan fingerprint density at radius 1 is 0.917 bits per heavy atom. The van der Waals surface area contributed by atoms with Crippen molar-refractivity contribution in [2.45, 2.75) is 0 Å². The molecule has 0 atom stereocenters. The number of nitrogens with zero attached hydrogens (tertiary/aromatic N) is 3. The highest BCUT2D eigenvalue weighted by Gasteiger charge is 2.23. The Labute approximate surface area is 141 Å². The first-order valence-electron chi connectivity index (χ1n) is 8.42. The molecule has 0 saturated carbocycles. The van der Waals surface area contributed by atoms with E-state index in [4.69, 9.17) is 9.47 Å². The quantitative estimate of drug-likeness (QED) is 0.837. The molecule has 4 rings (SSSR count). The van der Waals surface area contributed by atoms with E-state index in [2.05, 4.69) is 9.88 Å². The molecule has 126 valence electrons. The maximum Gasteiger partial charge on any atom is 0.256 e. The van der Waals surface area contributed by atoms with Crippen molar-refractivity contribution in [3.8, 4) is 0 Å². The van der Waals surface area contributed by atoms with Crippen LogP contribution in [0.4, 0.5) is 5.82 Å². The van der Waals surface area contributed by atoms with Gasteiger partial charge in [-0.3, -0.25) is 4.79 Å². The fraction of sp³-hybridized carbons (Fsp3) is 0.444. The van der Waals surface area contributed by atoms with Crippen LogP contribution in [0, 0.1) is 0 Å². The molecule has 0 bridgehead atoms. The van der Waals surface area contributed by atoms with E-state index in [1.54, 1.807) is 6.20 Å². The summed E-state index contributed by atoms with van der Waals surface area (Å²) in [5.74, 6) is 0.975. The van der Waals surface area contributed by atoms with Crippen LogP contribution in [-0.4, -0.2) is 68.4 Å².